The Morgan fingerprint density at radius 1 is 1.83 bits per heavy atom. The van der Waals surface area contributed by atoms with Crippen molar-refractivity contribution >= 4 is 5.97 Å². The number of aryl methyl sites for hydroxylation is 1. The lowest BCUT2D eigenvalue weighted by Gasteiger charge is -1.82. The molecule has 0 bridgehead atoms. The van der Waals surface area contributed by atoms with E-state index in [0.717, 1.165) is 11.3 Å². The minimum Gasteiger partial charge on any atom is -0.481 e. The van der Waals surface area contributed by atoms with E-state index in [1.807, 2.05) is 6.92 Å². The average Bonchev–Trinajstić information content (AvgIpc) is 2.36. The molecule has 0 aliphatic rings. The number of carbonyl (C=O) groups is 1. The van der Waals surface area contributed by atoms with E-state index in [1.165, 1.54) is 0 Å². The van der Waals surface area contributed by atoms with Crippen molar-refractivity contribution in [3.05, 3.63) is 17.5 Å². The van der Waals surface area contributed by atoms with Gasteiger partial charge in [0, 0.05) is 5.69 Å². The fraction of sp³-hybridized carbons (Fsp3) is 0.250. The first-order valence-corrected chi connectivity index (χ1v) is 3.41. The summed E-state index contributed by atoms with van der Waals surface area (Å²) in [4.78, 5) is 10.1. The fourth-order valence-corrected chi connectivity index (χ4v) is 0.692. The first kappa shape index (κ1) is 8.34. The Bertz CT molecular complexity index is 343. The van der Waals surface area contributed by atoms with Gasteiger partial charge in [-0.25, -0.2) is 0 Å². The van der Waals surface area contributed by atoms with Crippen LogP contribution in [0.2, 0.25) is 0 Å². The number of rotatable bonds is 1. The second-order valence-corrected chi connectivity index (χ2v) is 2.28. The number of H-pyrrole nitrogens is 1. The first-order chi connectivity index (χ1) is 5.70. The van der Waals surface area contributed by atoms with Crippen molar-refractivity contribution in [2.45, 2.75) is 13.3 Å². The van der Waals surface area contributed by atoms with E-state index in [9.17, 15) is 4.79 Å². The molecule has 0 fully saturated rings. The molecule has 0 aromatic carbocycles. The number of aromatic nitrogens is 2. The van der Waals surface area contributed by atoms with E-state index < -0.39 is 5.97 Å². The van der Waals surface area contributed by atoms with Gasteiger partial charge in [0.2, 0.25) is 0 Å². The molecule has 1 heterocycles. The van der Waals surface area contributed by atoms with Crippen LogP contribution in [0, 0.1) is 18.8 Å². The highest BCUT2D eigenvalue weighted by Gasteiger charge is 1.94. The maximum absolute atomic E-state index is 10.1. The molecule has 0 aliphatic carbocycles. The van der Waals surface area contributed by atoms with Crippen molar-refractivity contribution in [1.29, 1.82) is 0 Å². The molecular formula is C8H8N2O2. The smallest absolute Gasteiger partial charge is 0.315 e. The maximum Gasteiger partial charge on any atom is 0.315 e. The van der Waals surface area contributed by atoms with E-state index >= 15 is 0 Å². The van der Waals surface area contributed by atoms with Crippen LogP contribution in [0.25, 0.3) is 0 Å². The Labute approximate surface area is 69.6 Å². The first-order valence-electron chi connectivity index (χ1n) is 3.41. The summed E-state index contributed by atoms with van der Waals surface area (Å²) >= 11 is 0. The van der Waals surface area contributed by atoms with Crippen molar-refractivity contribution in [3.63, 3.8) is 0 Å². The minimum absolute atomic E-state index is 0.134. The molecule has 62 valence electrons. The van der Waals surface area contributed by atoms with Gasteiger partial charge in [-0.1, -0.05) is 11.8 Å². The van der Waals surface area contributed by atoms with Gasteiger partial charge in [-0.2, -0.15) is 5.10 Å². The topological polar surface area (TPSA) is 66.0 Å². The van der Waals surface area contributed by atoms with Crippen LogP contribution in [0.1, 0.15) is 17.7 Å². The van der Waals surface area contributed by atoms with Crippen LogP contribution in [0.3, 0.4) is 0 Å². The van der Waals surface area contributed by atoms with E-state index in [1.54, 1.807) is 6.20 Å². The van der Waals surface area contributed by atoms with Crippen molar-refractivity contribution in [1.82, 2.24) is 10.2 Å². The predicted octanol–water partition coefficient (Wildman–Crippen LogP) is 0.544. The molecular weight excluding hydrogens is 156 g/mol. The number of nitrogens with one attached hydrogen (secondary N) is 1. The molecule has 4 heteroatoms. The largest absolute Gasteiger partial charge is 0.481 e. The third kappa shape index (κ3) is 2.13. The number of hydrogen-bond donors (Lipinski definition) is 2. The summed E-state index contributed by atoms with van der Waals surface area (Å²) in [6.45, 7) is 1.83. The van der Waals surface area contributed by atoms with Crippen molar-refractivity contribution in [2.75, 3.05) is 0 Å². The van der Waals surface area contributed by atoms with Crippen molar-refractivity contribution in [3.8, 4) is 11.8 Å². The molecule has 1 aromatic rings. The molecule has 1 rings (SSSR count). The van der Waals surface area contributed by atoms with Gasteiger partial charge < -0.3 is 5.11 Å². The lowest BCUT2D eigenvalue weighted by molar-refractivity contribution is -0.135. The minimum atomic E-state index is -0.913. The molecule has 1 aromatic heterocycles. The zero-order valence-corrected chi connectivity index (χ0v) is 6.59. The Balaban J connectivity index is 2.67. The van der Waals surface area contributed by atoms with E-state index in [4.69, 9.17) is 5.11 Å². The number of carboxylic acid groups (broad SMARTS) is 1. The van der Waals surface area contributed by atoms with Gasteiger partial charge in [-0.3, -0.25) is 9.89 Å². The predicted molar refractivity (Wildman–Crippen MR) is 42.5 cm³/mol. The van der Waals surface area contributed by atoms with Gasteiger partial charge in [0.15, 0.2) is 0 Å². The Hall–Kier alpha value is -1.76. The summed E-state index contributed by atoms with van der Waals surface area (Å²) in [6.07, 6.45) is 1.44. The zero-order chi connectivity index (χ0) is 8.97. The highest BCUT2D eigenvalue weighted by molar-refractivity contribution is 5.70. The average molecular weight is 164 g/mol. The highest BCUT2D eigenvalue weighted by atomic mass is 16.4. The third-order valence-electron chi connectivity index (χ3n) is 1.29. The van der Waals surface area contributed by atoms with Gasteiger partial charge in [-0.15, -0.1) is 0 Å². The van der Waals surface area contributed by atoms with Crippen LogP contribution in [0.5, 0.6) is 0 Å². The molecule has 0 atom stereocenters. The molecule has 12 heavy (non-hydrogen) atoms. The van der Waals surface area contributed by atoms with Crippen LogP contribution in [0.15, 0.2) is 6.20 Å². The molecule has 0 unspecified atom stereocenters. The lowest BCUT2D eigenvalue weighted by Crippen LogP contribution is -1.90. The Morgan fingerprint density at radius 2 is 2.58 bits per heavy atom. The summed E-state index contributed by atoms with van der Waals surface area (Å²) in [5.41, 5.74) is 1.60. The van der Waals surface area contributed by atoms with Crippen LogP contribution in [-0.4, -0.2) is 21.3 Å². The summed E-state index contributed by atoms with van der Waals surface area (Å²) < 4.78 is 0. The lowest BCUT2D eigenvalue weighted by atomic mass is 10.2. The highest BCUT2D eigenvalue weighted by Crippen LogP contribution is 1.98. The summed E-state index contributed by atoms with van der Waals surface area (Å²) in [6, 6.07) is 0. The van der Waals surface area contributed by atoms with Gasteiger partial charge in [0.1, 0.15) is 6.42 Å². The standard InChI is InChI=1S/C8H8N2O2/c1-6-7(5-9-10-6)3-2-4-8(11)12/h5H,4H2,1H3,(H,9,10)(H,11,12). The number of aliphatic carboxylic acids is 1. The van der Waals surface area contributed by atoms with Crippen LogP contribution in [0.4, 0.5) is 0 Å². The molecule has 0 aliphatic heterocycles. The van der Waals surface area contributed by atoms with E-state index in [0.29, 0.717) is 0 Å². The summed E-state index contributed by atoms with van der Waals surface area (Å²) in [5, 5.41) is 14.7. The normalized spacial score (nSPS) is 8.75. The Morgan fingerprint density at radius 3 is 3.08 bits per heavy atom. The summed E-state index contributed by atoms with van der Waals surface area (Å²) in [7, 11) is 0. The number of aromatic amines is 1. The van der Waals surface area contributed by atoms with E-state index in [2.05, 4.69) is 22.0 Å². The van der Waals surface area contributed by atoms with Gasteiger partial charge in [0.05, 0.1) is 11.8 Å². The quantitative estimate of drug-likeness (QED) is 0.595. The SMILES string of the molecule is Cc1[nH]ncc1C#CCC(=O)O. The molecule has 2 N–H and O–H groups in total. The van der Waals surface area contributed by atoms with Crippen molar-refractivity contribution < 1.29 is 9.90 Å². The fourth-order valence-electron chi connectivity index (χ4n) is 0.692. The van der Waals surface area contributed by atoms with Gasteiger partial charge in [0.25, 0.3) is 0 Å². The van der Waals surface area contributed by atoms with E-state index in [-0.39, 0.29) is 6.42 Å². The second-order valence-electron chi connectivity index (χ2n) is 2.28. The van der Waals surface area contributed by atoms with Crippen LogP contribution < -0.4 is 0 Å². The molecule has 0 spiro atoms. The number of carboxylic acids is 1. The zero-order valence-electron chi connectivity index (χ0n) is 6.59. The third-order valence-corrected chi connectivity index (χ3v) is 1.29. The number of nitrogens with zero attached hydrogens (tertiary/aromatic N) is 1. The van der Waals surface area contributed by atoms with Crippen molar-refractivity contribution in [2.24, 2.45) is 0 Å². The molecule has 0 saturated carbocycles. The van der Waals surface area contributed by atoms with Gasteiger partial charge >= 0.3 is 5.97 Å². The van der Waals surface area contributed by atoms with Gasteiger partial charge in [-0.05, 0) is 6.92 Å². The molecule has 0 radical (unpaired) electrons. The monoisotopic (exact) mass is 164 g/mol. The van der Waals surface area contributed by atoms with Crippen LogP contribution >= 0.6 is 0 Å². The maximum atomic E-state index is 10.1. The molecule has 4 nitrogen and oxygen atoms in total. The Kier molecular flexibility index (Phi) is 2.49. The van der Waals surface area contributed by atoms with Crippen LogP contribution in [-0.2, 0) is 4.79 Å². The number of hydrogen-bond acceptors (Lipinski definition) is 2. The second kappa shape index (κ2) is 3.58. The molecule has 0 saturated heterocycles. The molecule has 0 amide bonds. The summed E-state index contributed by atoms with van der Waals surface area (Å²) in [5.74, 6) is 4.30.